The highest BCUT2D eigenvalue weighted by Crippen LogP contribution is 2.29. The molecule has 0 unspecified atom stereocenters. The molecule has 21 heavy (non-hydrogen) atoms. The van der Waals surface area contributed by atoms with E-state index in [-0.39, 0.29) is 11.7 Å². The fraction of sp³-hybridized carbons (Fsp3) is 0.500. The van der Waals surface area contributed by atoms with Gasteiger partial charge in [0.25, 0.3) is 0 Å². The van der Waals surface area contributed by atoms with Crippen LogP contribution in [0.4, 0.5) is 4.39 Å². The molecule has 1 aromatic rings. The Morgan fingerprint density at radius 2 is 1.76 bits per heavy atom. The van der Waals surface area contributed by atoms with Crippen LogP contribution in [0, 0.1) is 17.7 Å². The summed E-state index contributed by atoms with van der Waals surface area (Å²) in [5.74, 6) is -2.80. The summed E-state index contributed by atoms with van der Waals surface area (Å²) < 4.78 is 12.8. The maximum absolute atomic E-state index is 12.8. The van der Waals surface area contributed by atoms with Crippen LogP contribution in [0.25, 0.3) is 0 Å². The van der Waals surface area contributed by atoms with Gasteiger partial charge in [0, 0.05) is 24.3 Å². The molecule has 1 saturated carbocycles. The number of amides is 1. The summed E-state index contributed by atoms with van der Waals surface area (Å²) in [6, 6.07) is 6.10. The van der Waals surface area contributed by atoms with Gasteiger partial charge in [0.1, 0.15) is 5.82 Å². The fourth-order valence-electron chi connectivity index (χ4n) is 2.84. The van der Waals surface area contributed by atoms with Crippen LogP contribution >= 0.6 is 0 Å². The minimum Gasteiger partial charge on any atom is -0.550 e. The number of aliphatic carboxylic acids is 1. The van der Waals surface area contributed by atoms with E-state index in [9.17, 15) is 19.1 Å². The molecule has 2 atom stereocenters. The SMILES string of the molecule is O=C([O-])[C@H]1CCCC[C@@H]1C(=O)NCCc1ccc(F)cc1. The van der Waals surface area contributed by atoms with Crippen LogP contribution in [-0.2, 0) is 16.0 Å². The number of carboxylic acid groups (broad SMARTS) is 1. The lowest BCUT2D eigenvalue weighted by atomic mass is 9.78. The normalized spacial score (nSPS) is 21.8. The molecule has 0 aromatic heterocycles. The topological polar surface area (TPSA) is 69.2 Å². The summed E-state index contributed by atoms with van der Waals surface area (Å²) in [6.45, 7) is 0.417. The smallest absolute Gasteiger partial charge is 0.223 e. The van der Waals surface area contributed by atoms with Gasteiger partial charge < -0.3 is 15.2 Å². The first kappa shape index (κ1) is 15.5. The van der Waals surface area contributed by atoms with Crippen LogP contribution in [-0.4, -0.2) is 18.4 Å². The van der Waals surface area contributed by atoms with Gasteiger partial charge in [0.05, 0.1) is 0 Å². The van der Waals surface area contributed by atoms with Crippen molar-refractivity contribution in [3.05, 3.63) is 35.6 Å². The Bertz CT molecular complexity index is 501. The zero-order valence-corrected chi connectivity index (χ0v) is 11.8. The summed E-state index contributed by atoms with van der Waals surface area (Å²) in [4.78, 5) is 23.2. The predicted molar refractivity (Wildman–Crippen MR) is 73.6 cm³/mol. The van der Waals surface area contributed by atoms with E-state index in [1.165, 1.54) is 12.1 Å². The van der Waals surface area contributed by atoms with Gasteiger partial charge in [-0.2, -0.15) is 0 Å². The van der Waals surface area contributed by atoms with Gasteiger partial charge in [-0.15, -0.1) is 0 Å². The Kier molecular flexibility index (Phi) is 5.31. The summed E-state index contributed by atoms with van der Waals surface area (Å²) in [5, 5.41) is 13.8. The number of halogens is 1. The summed E-state index contributed by atoms with van der Waals surface area (Å²) in [6.07, 6.45) is 3.41. The van der Waals surface area contributed by atoms with Crippen LogP contribution in [0.5, 0.6) is 0 Å². The molecule has 0 heterocycles. The molecule has 0 saturated heterocycles. The molecule has 0 radical (unpaired) electrons. The first-order valence-electron chi connectivity index (χ1n) is 7.31. The number of carbonyl (C=O) groups excluding carboxylic acids is 2. The van der Waals surface area contributed by atoms with Gasteiger partial charge in [-0.05, 0) is 37.0 Å². The van der Waals surface area contributed by atoms with Crippen molar-refractivity contribution in [2.45, 2.75) is 32.1 Å². The number of hydrogen-bond donors (Lipinski definition) is 1. The molecule has 1 amide bonds. The molecule has 1 aliphatic rings. The van der Waals surface area contributed by atoms with Crippen LogP contribution in [0.15, 0.2) is 24.3 Å². The van der Waals surface area contributed by atoms with E-state index in [1.54, 1.807) is 12.1 Å². The lowest BCUT2D eigenvalue weighted by Crippen LogP contribution is -2.44. The summed E-state index contributed by atoms with van der Waals surface area (Å²) in [5.41, 5.74) is 0.928. The molecule has 0 bridgehead atoms. The lowest BCUT2D eigenvalue weighted by molar-refractivity contribution is -0.314. The van der Waals surface area contributed by atoms with Gasteiger partial charge in [0.2, 0.25) is 5.91 Å². The summed E-state index contributed by atoms with van der Waals surface area (Å²) >= 11 is 0. The molecular formula is C16H19FNO3-. The highest BCUT2D eigenvalue weighted by molar-refractivity contribution is 5.84. The number of nitrogens with one attached hydrogen (secondary N) is 1. The van der Waals surface area contributed by atoms with E-state index >= 15 is 0 Å². The monoisotopic (exact) mass is 292 g/mol. The van der Waals surface area contributed by atoms with E-state index < -0.39 is 17.8 Å². The van der Waals surface area contributed by atoms with E-state index in [4.69, 9.17) is 0 Å². The number of benzene rings is 1. The first-order valence-corrected chi connectivity index (χ1v) is 7.31. The van der Waals surface area contributed by atoms with Crippen LogP contribution in [0.3, 0.4) is 0 Å². The van der Waals surface area contributed by atoms with Crippen LogP contribution in [0.1, 0.15) is 31.2 Å². The Hall–Kier alpha value is -1.91. The molecule has 1 aliphatic carbocycles. The van der Waals surface area contributed by atoms with E-state index in [1.807, 2.05) is 0 Å². The Balaban J connectivity index is 1.83. The maximum Gasteiger partial charge on any atom is 0.223 e. The molecule has 4 nitrogen and oxygen atoms in total. The molecule has 114 valence electrons. The highest BCUT2D eigenvalue weighted by Gasteiger charge is 2.31. The van der Waals surface area contributed by atoms with E-state index in [0.29, 0.717) is 25.8 Å². The zero-order chi connectivity index (χ0) is 15.2. The number of carboxylic acids is 1. The van der Waals surface area contributed by atoms with Crippen LogP contribution < -0.4 is 10.4 Å². The third kappa shape index (κ3) is 4.28. The second-order valence-electron chi connectivity index (χ2n) is 5.48. The van der Waals surface area contributed by atoms with Crippen LogP contribution in [0.2, 0.25) is 0 Å². The lowest BCUT2D eigenvalue weighted by Gasteiger charge is -2.31. The number of hydrogen-bond acceptors (Lipinski definition) is 3. The van der Waals surface area contributed by atoms with Crippen molar-refractivity contribution in [3.63, 3.8) is 0 Å². The van der Waals surface area contributed by atoms with Gasteiger partial charge in [-0.1, -0.05) is 25.0 Å². The number of carbonyl (C=O) groups is 2. The van der Waals surface area contributed by atoms with Gasteiger partial charge in [-0.25, -0.2) is 4.39 Å². The molecule has 0 spiro atoms. The second-order valence-corrected chi connectivity index (χ2v) is 5.48. The van der Waals surface area contributed by atoms with E-state index in [2.05, 4.69) is 5.32 Å². The first-order chi connectivity index (χ1) is 10.1. The minimum absolute atomic E-state index is 0.217. The van der Waals surface area contributed by atoms with Crippen molar-refractivity contribution in [3.8, 4) is 0 Å². The molecule has 1 N–H and O–H groups in total. The average molecular weight is 292 g/mol. The maximum atomic E-state index is 12.8. The predicted octanol–water partition coefficient (Wildman–Crippen LogP) is 1.04. The molecular weight excluding hydrogens is 273 g/mol. The third-order valence-corrected chi connectivity index (χ3v) is 4.03. The zero-order valence-electron chi connectivity index (χ0n) is 11.8. The quantitative estimate of drug-likeness (QED) is 0.881. The van der Waals surface area contributed by atoms with Crippen molar-refractivity contribution in [2.75, 3.05) is 6.54 Å². The third-order valence-electron chi connectivity index (χ3n) is 4.03. The molecule has 5 heteroatoms. The van der Waals surface area contributed by atoms with E-state index in [0.717, 1.165) is 18.4 Å². The minimum atomic E-state index is -1.13. The van der Waals surface area contributed by atoms with Gasteiger partial charge in [0.15, 0.2) is 0 Å². The van der Waals surface area contributed by atoms with Gasteiger partial charge >= 0.3 is 0 Å². The number of rotatable bonds is 5. The van der Waals surface area contributed by atoms with Crippen molar-refractivity contribution in [1.29, 1.82) is 0 Å². The second kappa shape index (κ2) is 7.20. The molecule has 0 aliphatic heterocycles. The van der Waals surface area contributed by atoms with Crippen molar-refractivity contribution < 1.29 is 19.1 Å². The average Bonchev–Trinajstić information content (AvgIpc) is 2.49. The fourth-order valence-corrected chi connectivity index (χ4v) is 2.84. The Labute approximate surface area is 123 Å². The van der Waals surface area contributed by atoms with Crippen molar-refractivity contribution in [2.24, 2.45) is 11.8 Å². The Morgan fingerprint density at radius 3 is 2.38 bits per heavy atom. The Morgan fingerprint density at radius 1 is 1.14 bits per heavy atom. The van der Waals surface area contributed by atoms with Crippen molar-refractivity contribution in [1.82, 2.24) is 5.32 Å². The highest BCUT2D eigenvalue weighted by atomic mass is 19.1. The summed E-state index contributed by atoms with van der Waals surface area (Å²) in [7, 11) is 0. The van der Waals surface area contributed by atoms with Crippen molar-refractivity contribution >= 4 is 11.9 Å². The van der Waals surface area contributed by atoms with Gasteiger partial charge in [-0.3, -0.25) is 4.79 Å². The molecule has 2 rings (SSSR count). The largest absolute Gasteiger partial charge is 0.550 e. The molecule has 1 fully saturated rings. The molecule has 1 aromatic carbocycles. The standard InChI is InChI=1S/C16H20FNO3/c17-12-7-5-11(6-8-12)9-10-18-15(19)13-3-1-2-4-14(13)16(20)21/h5-8,13-14H,1-4,9-10H2,(H,18,19)(H,20,21)/p-1/t13-,14-/m0/s1.